The third kappa shape index (κ3) is 5.18. The zero-order chi connectivity index (χ0) is 21.9. The molecule has 1 aromatic heterocycles. The Hall–Kier alpha value is -2.88. The number of amides is 1. The number of piperidine rings is 1. The topological polar surface area (TPSA) is 79.4 Å². The Morgan fingerprint density at radius 1 is 1.27 bits per heavy atom. The number of ether oxygens (including phenoxy) is 1. The van der Waals surface area contributed by atoms with Crippen LogP contribution in [0.25, 0.3) is 0 Å². The third-order valence-electron chi connectivity index (χ3n) is 5.05. The van der Waals surface area contributed by atoms with E-state index in [2.05, 4.69) is 32.5 Å². The Morgan fingerprint density at radius 3 is 2.57 bits per heavy atom. The fourth-order valence-electron chi connectivity index (χ4n) is 3.28. The molecular weight excluding hydrogens is 399 g/mol. The Balaban J connectivity index is 1.73. The first kappa shape index (κ1) is 21.8. The molecule has 2 N–H and O–H groups in total. The molecule has 0 aliphatic carbocycles. The molecule has 0 radical (unpaired) electrons. The number of hydrogen-bond donors (Lipinski definition) is 2. The quantitative estimate of drug-likeness (QED) is 0.768. The lowest BCUT2D eigenvalue weighted by molar-refractivity contribution is -0.138. The van der Waals surface area contributed by atoms with Crippen molar-refractivity contribution in [1.82, 2.24) is 20.2 Å². The van der Waals surface area contributed by atoms with E-state index in [1.165, 1.54) is 14.0 Å². The van der Waals surface area contributed by atoms with Crippen molar-refractivity contribution in [1.29, 1.82) is 0 Å². The number of aryl methyl sites for hydroxylation is 1. The van der Waals surface area contributed by atoms with Crippen LogP contribution in [0.3, 0.4) is 0 Å². The number of anilines is 2. The normalized spacial score (nSPS) is 15.7. The minimum Gasteiger partial charge on any atom is -0.495 e. The van der Waals surface area contributed by atoms with Crippen molar-refractivity contribution in [2.24, 2.45) is 0 Å². The fraction of sp³-hybridized carbons (Fsp3) is 0.450. The summed E-state index contributed by atoms with van der Waals surface area (Å²) in [5.74, 6) is 0.158. The number of halogens is 3. The Morgan fingerprint density at radius 2 is 1.97 bits per heavy atom. The van der Waals surface area contributed by atoms with Crippen LogP contribution in [0.1, 0.15) is 34.5 Å². The molecule has 7 nitrogen and oxygen atoms in total. The van der Waals surface area contributed by atoms with Crippen molar-refractivity contribution in [3.63, 3.8) is 0 Å². The van der Waals surface area contributed by atoms with Crippen LogP contribution in [0.2, 0.25) is 0 Å². The molecule has 1 aromatic carbocycles. The maximum Gasteiger partial charge on any atom is 0.419 e. The largest absolute Gasteiger partial charge is 0.495 e. The fourth-order valence-corrected chi connectivity index (χ4v) is 3.28. The number of rotatable bonds is 5. The summed E-state index contributed by atoms with van der Waals surface area (Å²) in [5, 5.41) is 5.87. The second kappa shape index (κ2) is 8.86. The minimum absolute atomic E-state index is 0.00215. The first-order valence-electron chi connectivity index (χ1n) is 9.52. The molecule has 3 rings (SSSR count). The van der Waals surface area contributed by atoms with Crippen LogP contribution in [-0.4, -0.2) is 54.1 Å². The smallest absolute Gasteiger partial charge is 0.419 e. The van der Waals surface area contributed by atoms with Gasteiger partial charge in [-0.1, -0.05) is 0 Å². The predicted octanol–water partition coefficient (Wildman–Crippen LogP) is 3.38. The number of nitrogens with zero attached hydrogens (tertiary/aromatic N) is 3. The number of carbonyl (C=O) groups excluding carboxylic acids is 1. The summed E-state index contributed by atoms with van der Waals surface area (Å²) in [4.78, 5) is 22.4. The first-order valence-corrected chi connectivity index (χ1v) is 9.52. The van der Waals surface area contributed by atoms with Crippen molar-refractivity contribution in [2.45, 2.75) is 32.0 Å². The van der Waals surface area contributed by atoms with Gasteiger partial charge in [0.1, 0.15) is 5.75 Å². The van der Waals surface area contributed by atoms with E-state index in [9.17, 15) is 18.0 Å². The predicted molar refractivity (Wildman–Crippen MR) is 106 cm³/mol. The van der Waals surface area contributed by atoms with E-state index in [1.54, 1.807) is 18.2 Å². The lowest BCUT2D eigenvalue weighted by atomic mass is 10.0. The Kier molecular flexibility index (Phi) is 6.45. The summed E-state index contributed by atoms with van der Waals surface area (Å²) in [6, 6.07) is 4.93. The highest BCUT2D eigenvalue weighted by atomic mass is 19.4. The third-order valence-corrected chi connectivity index (χ3v) is 5.05. The average Bonchev–Trinajstić information content (AvgIpc) is 2.69. The number of alkyl halides is 3. The van der Waals surface area contributed by atoms with E-state index in [1.807, 2.05) is 0 Å². The summed E-state index contributed by atoms with van der Waals surface area (Å²) >= 11 is 0. The minimum atomic E-state index is -4.51. The highest BCUT2D eigenvalue weighted by molar-refractivity contribution is 5.95. The van der Waals surface area contributed by atoms with Crippen molar-refractivity contribution >= 4 is 17.5 Å². The van der Waals surface area contributed by atoms with Gasteiger partial charge < -0.3 is 20.3 Å². The molecule has 2 heterocycles. The molecule has 1 aliphatic rings. The summed E-state index contributed by atoms with van der Waals surface area (Å²) < 4.78 is 44.0. The highest BCUT2D eigenvalue weighted by Crippen LogP contribution is 2.32. The van der Waals surface area contributed by atoms with Crippen LogP contribution in [0, 0.1) is 6.92 Å². The number of nitrogens with one attached hydrogen (secondary N) is 2. The van der Waals surface area contributed by atoms with Crippen LogP contribution in [0.4, 0.5) is 24.8 Å². The van der Waals surface area contributed by atoms with Crippen LogP contribution in [0.15, 0.2) is 24.4 Å². The monoisotopic (exact) mass is 423 g/mol. The Labute approximate surface area is 172 Å². The van der Waals surface area contributed by atoms with Crippen molar-refractivity contribution in [2.75, 3.05) is 32.6 Å². The molecule has 0 saturated carbocycles. The van der Waals surface area contributed by atoms with Gasteiger partial charge in [-0.15, -0.1) is 0 Å². The van der Waals surface area contributed by atoms with E-state index >= 15 is 0 Å². The zero-order valence-electron chi connectivity index (χ0n) is 17.0. The van der Waals surface area contributed by atoms with Gasteiger partial charge in [0.25, 0.3) is 5.91 Å². The van der Waals surface area contributed by atoms with E-state index in [4.69, 9.17) is 4.74 Å². The molecule has 0 spiro atoms. The molecule has 1 fully saturated rings. The SMILES string of the molecule is COc1cc(C(=O)NC2CCN(C)CC2)ccc1Nc1ncc(C(F)(F)F)c(C)n1. The maximum absolute atomic E-state index is 12.9. The molecule has 162 valence electrons. The standard InChI is InChI=1S/C20H24F3N5O2/c1-12-15(20(21,22)23)11-24-19(25-12)27-16-5-4-13(10-17(16)30-3)18(29)26-14-6-8-28(2)9-7-14/h4-5,10-11,14H,6-9H2,1-3H3,(H,26,29)(H,24,25,27). The van der Waals surface area contributed by atoms with Gasteiger partial charge in [0.2, 0.25) is 5.95 Å². The highest BCUT2D eigenvalue weighted by Gasteiger charge is 2.33. The number of methoxy groups -OCH3 is 1. The van der Waals surface area contributed by atoms with Crippen molar-refractivity contribution in [3.8, 4) is 5.75 Å². The lowest BCUT2D eigenvalue weighted by Gasteiger charge is -2.29. The molecule has 30 heavy (non-hydrogen) atoms. The second-order valence-electron chi connectivity index (χ2n) is 7.28. The summed E-state index contributed by atoms with van der Waals surface area (Å²) in [6.45, 7) is 3.14. The average molecular weight is 423 g/mol. The van der Waals surface area contributed by atoms with E-state index in [0.717, 1.165) is 32.1 Å². The molecule has 0 unspecified atom stereocenters. The number of hydrogen-bond acceptors (Lipinski definition) is 6. The van der Waals surface area contributed by atoms with Gasteiger partial charge in [-0.05, 0) is 58.1 Å². The summed E-state index contributed by atoms with van der Waals surface area (Å²) in [5.41, 5.74) is -0.206. The van der Waals surface area contributed by atoms with Crippen molar-refractivity contribution < 1.29 is 22.7 Å². The zero-order valence-corrected chi connectivity index (χ0v) is 17.0. The van der Waals surface area contributed by atoms with Gasteiger partial charge in [-0.3, -0.25) is 4.79 Å². The van der Waals surface area contributed by atoms with Crippen molar-refractivity contribution in [3.05, 3.63) is 41.2 Å². The molecular formula is C20H24F3N5O2. The van der Waals surface area contributed by atoms with Gasteiger partial charge in [-0.25, -0.2) is 9.97 Å². The lowest BCUT2D eigenvalue weighted by Crippen LogP contribution is -2.43. The molecule has 0 atom stereocenters. The Bertz CT molecular complexity index is 912. The second-order valence-corrected chi connectivity index (χ2v) is 7.28. The number of aromatic nitrogens is 2. The van der Waals surface area contributed by atoms with Gasteiger partial charge in [0, 0.05) is 17.8 Å². The van der Waals surface area contributed by atoms with Gasteiger partial charge in [-0.2, -0.15) is 13.2 Å². The summed E-state index contributed by atoms with van der Waals surface area (Å²) in [7, 11) is 3.49. The van der Waals surface area contributed by atoms with Crippen LogP contribution >= 0.6 is 0 Å². The van der Waals surface area contributed by atoms with E-state index in [-0.39, 0.29) is 23.6 Å². The number of benzene rings is 1. The first-order chi connectivity index (χ1) is 14.2. The summed E-state index contributed by atoms with van der Waals surface area (Å²) in [6.07, 6.45) is -1.99. The van der Waals surface area contributed by atoms with E-state index < -0.39 is 11.7 Å². The van der Waals surface area contributed by atoms with E-state index in [0.29, 0.717) is 17.0 Å². The number of carbonyl (C=O) groups is 1. The maximum atomic E-state index is 12.9. The van der Waals surface area contributed by atoms with Gasteiger partial charge in [0.05, 0.1) is 24.1 Å². The van der Waals surface area contributed by atoms with Gasteiger partial charge in [0.15, 0.2) is 0 Å². The van der Waals surface area contributed by atoms with Crippen LogP contribution in [0.5, 0.6) is 5.75 Å². The van der Waals surface area contributed by atoms with Gasteiger partial charge >= 0.3 is 6.18 Å². The van der Waals surface area contributed by atoms with Crippen LogP contribution in [-0.2, 0) is 6.18 Å². The molecule has 0 bridgehead atoms. The molecule has 1 saturated heterocycles. The number of likely N-dealkylation sites (tertiary alicyclic amines) is 1. The molecule has 1 amide bonds. The molecule has 2 aromatic rings. The molecule has 10 heteroatoms. The molecule has 1 aliphatic heterocycles. The van der Waals surface area contributed by atoms with Crippen LogP contribution < -0.4 is 15.4 Å².